The second-order valence-corrected chi connectivity index (χ2v) is 3.01. The predicted octanol–water partition coefficient (Wildman–Crippen LogP) is -0.162. The maximum Gasteiger partial charge on any atom is 0.224 e. The molecule has 1 N–H and O–H groups in total. The first-order valence-corrected chi connectivity index (χ1v) is 4.46. The predicted molar refractivity (Wildman–Crippen MR) is 45.3 cm³/mol. The van der Waals surface area contributed by atoms with Gasteiger partial charge >= 0.3 is 0 Å². The van der Waals surface area contributed by atoms with Crippen molar-refractivity contribution in [3.63, 3.8) is 0 Å². The monoisotopic (exact) mass is 172 g/mol. The molecule has 0 saturated carbocycles. The van der Waals surface area contributed by atoms with Crippen LogP contribution in [0, 0.1) is 0 Å². The Labute approximate surface area is 72.7 Å². The normalized spacial score (nSPS) is 19.1. The van der Waals surface area contributed by atoms with Gasteiger partial charge in [0.15, 0.2) is 0 Å². The molecule has 1 rings (SSSR count). The molecule has 1 aliphatic rings. The smallest absolute Gasteiger partial charge is 0.224 e. The van der Waals surface area contributed by atoms with E-state index >= 15 is 0 Å². The van der Waals surface area contributed by atoms with Crippen molar-refractivity contribution < 1.29 is 9.90 Å². The Morgan fingerprint density at radius 3 is 2.50 bits per heavy atom. The summed E-state index contributed by atoms with van der Waals surface area (Å²) in [5.74, 6) is 0. The number of hydrogen-bond acceptors (Lipinski definition) is 3. The molecule has 1 saturated heterocycles. The Hall–Kier alpha value is -0.610. The van der Waals surface area contributed by atoms with Crippen molar-refractivity contribution in [1.82, 2.24) is 10.0 Å². The molecule has 0 spiro atoms. The lowest BCUT2D eigenvalue weighted by atomic mass is 10.2. The third-order valence-electron chi connectivity index (χ3n) is 2.15. The van der Waals surface area contributed by atoms with Gasteiger partial charge in [-0.2, -0.15) is 0 Å². The van der Waals surface area contributed by atoms with Crippen molar-refractivity contribution in [3.8, 4) is 0 Å². The fourth-order valence-electron chi connectivity index (χ4n) is 1.50. The number of hydrazine groups is 1. The van der Waals surface area contributed by atoms with Crippen molar-refractivity contribution in [3.05, 3.63) is 0 Å². The molecule has 0 bridgehead atoms. The molecule has 1 fully saturated rings. The van der Waals surface area contributed by atoms with Crippen LogP contribution in [-0.2, 0) is 4.79 Å². The van der Waals surface area contributed by atoms with Crippen LogP contribution in [0.5, 0.6) is 0 Å². The van der Waals surface area contributed by atoms with Crippen LogP contribution in [-0.4, -0.2) is 47.8 Å². The van der Waals surface area contributed by atoms with Crippen molar-refractivity contribution in [1.29, 1.82) is 0 Å². The second kappa shape index (κ2) is 5.11. The zero-order valence-corrected chi connectivity index (χ0v) is 7.28. The highest BCUT2D eigenvalue weighted by Crippen LogP contribution is 2.09. The number of aliphatic hydroxyl groups is 1. The molecular weight excluding hydrogens is 156 g/mol. The highest BCUT2D eigenvalue weighted by atomic mass is 16.3. The minimum absolute atomic E-state index is 0.0369. The van der Waals surface area contributed by atoms with E-state index in [-0.39, 0.29) is 6.61 Å². The van der Waals surface area contributed by atoms with Crippen LogP contribution < -0.4 is 0 Å². The van der Waals surface area contributed by atoms with Gasteiger partial charge in [-0.3, -0.25) is 9.80 Å². The highest BCUT2D eigenvalue weighted by Gasteiger charge is 2.15. The van der Waals surface area contributed by atoms with Gasteiger partial charge in [-0.25, -0.2) is 5.01 Å². The molecule has 1 amide bonds. The highest BCUT2D eigenvalue weighted by molar-refractivity contribution is 5.46. The van der Waals surface area contributed by atoms with Gasteiger partial charge in [0, 0.05) is 13.1 Å². The Morgan fingerprint density at radius 2 is 2.00 bits per heavy atom. The summed E-state index contributed by atoms with van der Waals surface area (Å²) in [5, 5.41) is 12.2. The number of amides is 1. The van der Waals surface area contributed by atoms with E-state index in [0.717, 1.165) is 32.3 Å². The largest absolute Gasteiger partial charge is 0.394 e. The van der Waals surface area contributed by atoms with E-state index < -0.39 is 0 Å². The minimum Gasteiger partial charge on any atom is -0.394 e. The number of aliphatic hydroxyl groups excluding tert-OH is 1. The SMILES string of the molecule is O=CN(CCO)N1CCCCC1. The summed E-state index contributed by atoms with van der Waals surface area (Å²) in [4.78, 5) is 10.6. The third-order valence-corrected chi connectivity index (χ3v) is 2.15. The van der Waals surface area contributed by atoms with E-state index in [1.165, 1.54) is 6.42 Å². The van der Waals surface area contributed by atoms with E-state index in [1.807, 2.05) is 5.01 Å². The summed E-state index contributed by atoms with van der Waals surface area (Å²) in [6.45, 7) is 2.34. The molecule has 4 heteroatoms. The van der Waals surface area contributed by atoms with E-state index in [9.17, 15) is 4.79 Å². The van der Waals surface area contributed by atoms with Crippen molar-refractivity contribution >= 4 is 6.41 Å². The summed E-state index contributed by atoms with van der Waals surface area (Å²) in [7, 11) is 0. The summed E-state index contributed by atoms with van der Waals surface area (Å²) in [5.41, 5.74) is 0. The Bertz CT molecular complexity index is 135. The average molecular weight is 172 g/mol. The van der Waals surface area contributed by atoms with Gasteiger partial charge in [-0.15, -0.1) is 0 Å². The third kappa shape index (κ3) is 2.46. The Kier molecular flexibility index (Phi) is 4.04. The van der Waals surface area contributed by atoms with Crippen LogP contribution in [0.15, 0.2) is 0 Å². The number of piperidine rings is 1. The molecule has 0 atom stereocenters. The molecule has 70 valence electrons. The first-order chi connectivity index (χ1) is 5.88. The van der Waals surface area contributed by atoms with Gasteiger partial charge < -0.3 is 5.11 Å². The van der Waals surface area contributed by atoms with Crippen LogP contribution >= 0.6 is 0 Å². The lowest BCUT2D eigenvalue weighted by molar-refractivity contribution is -0.137. The number of carbonyl (C=O) groups is 1. The Balaban J connectivity index is 2.34. The molecule has 12 heavy (non-hydrogen) atoms. The van der Waals surface area contributed by atoms with Crippen LogP contribution in [0.25, 0.3) is 0 Å². The van der Waals surface area contributed by atoms with Crippen LogP contribution in [0.3, 0.4) is 0 Å². The van der Waals surface area contributed by atoms with Gasteiger partial charge in [0.05, 0.1) is 13.2 Å². The van der Waals surface area contributed by atoms with Crippen molar-refractivity contribution in [2.75, 3.05) is 26.2 Å². The number of rotatable bonds is 4. The van der Waals surface area contributed by atoms with Crippen LogP contribution in [0.1, 0.15) is 19.3 Å². The molecule has 1 aliphatic heterocycles. The van der Waals surface area contributed by atoms with E-state index in [2.05, 4.69) is 0 Å². The fourth-order valence-corrected chi connectivity index (χ4v) is 1.50. The first kappa shape index (κ1) is 9.48. The standard InChI is InChI=1S/C8H16N2O2/c11-7-6-10(8-12)9-4-2-1-3-5-9/h8,11H,1-7H2. The van der Waals surface area contributed by atoms with E-state index in [1.54, 1.807) is 5.01 Å². The Morgan fingerprint density at radius 1 is 1.33 bits per heavy atom. The molecule has 0 aliphatic carbocycles. The minimum atomic E-state index is 0.0369. The summed E-state index contributed by atoms with van der Waals surface area (Å²) in [6.07, 6.45) is 4.34. The summed E-state index contributed by atoms with van der Waals surface area (Å²) < 4.78 is 0. The maximum atomic E-state index is 10.6. The molecule has 4 nitrogen and oxygen atoms in total. The van der Waals surface area contributed by atoms with Gasteiger partial charge in [-0.05, 0) is 12.8 Å². The summed E-state index contributed by atoms with van der Waals surface area (Å²) in [6, 6.07) is 0. The fraction of sp³-hybridized carbons (Fsp3) is 0.875. The molecule has 0 aromatic rings. The van der Waals surface area contributed by atoms with Gasteiger partial charge in [0.25, 0.3) is 0 Å². The topological polar surface area (TPSA) is 43.8 Å². The average Bonchev–Trinajstić information content (AvgIpc) is 2.15. The quantitative estimate of drug-likeness (QED) is 0.599. The van der Waals surface area contributed by atoms with Crippen LogP contribution in [0.4, 0.5) is 0 Å². The maximum absolute atomic E-state index is 10.6. The first-order valence-electron chi connectivity index (χ1n) is 4.46. The lowest BCUT2D eigenvalue weighted by Crippen LogP contribution is -2.45. The van der Waals surface area contributed by atoms with Gasteiger partial charge in [0.1, 0.15) is 0 Å². The molecule has 0 aromatic carbocycles. The van der Waals surface area contributed by atoms with E-state index in [0.29, 0.717) is 6.54 Å². The zero-order chi connectivity index (χ0) is 8.81. The molecular formula is C8H16N2O2. The lowest BCUT2D eigenvalue weighted by Gasteiger charge is -2.34. The van der Waals surface area contributed by atoms with Gasteiger partial charge in [-0.1, -0.05) is 6.42 Å². The van der Waals surface area contributed by atoms with Crippen molar-refractivity contribution in [2.45, 2.75) is 19.3 Å². The second-order valence-electron chi connectivity index (χ2n) is 3.01. The zero-order valence-electron chi connectivity index (χ0n) is 7.28. The summed E-state index contributed by atoms with van der Waals surface area (Å²) >= 11 is 0. The molecule has 0 unspecified atom stereocenters. The van der Waals surface area contributed by atoms with Gasteiger partial charge in [0.2, 0.25) is 6.41 Å². The number of nitrogens with zero attached hydrogens (tertiary/aromatic N) is 2. The molecule has 0 radical (unpaired) electrons. The number of hydrogen-bond donors (Lipinski definition) is 1. The molecule has 1 heterocycles. The molecule has 0 aromatic heterocycles. The number of carbonyl (C=O) groups excluding carboxylic acids is 1. The van der Waals surface area contributed by atoms with E-state index in [4.69, 9.17) is 5.11 Å². The van der Waals surface area contributed by atoms with Crippen LogP contribution in [0.2, 0.25) is 0 Å². The van der Waals surface area contributed by atoms with Crippen molar-refractivity contribution in [2.24, 2.45) is 0 Å².